The largest absolute Gasteiger partial charge is 0.387 e. The average molecular weight is 721 g/mol. The van der Waals surface area contributed by atoms with Gasteiger partial charge in [0, 0.05) is 40.6 Å². The Kier molecular flexibility index (Phi) is 8.54. The van der Waals surface area contributed by atoms with Crippen molar-refractivity contribution in [2.75, 3.05) is 0 Å². The fourth-order valence-corrected chi connectivity index (χ4v) is 7.60. The minimum absolute atomic E-state index is 0.379. The summed E-state index contributed by atoms with van der Waals surface area (Å²) in [7, 11) is 0. The standard InChI is InChI=1S/C50H36N6/c1-4-12-33(13-5-1)38-18-10-19-39(28-38)41-29-40(34-21-23-35(24-22-34)46-43-25-27-51-32-44(43)47-45(53-46)20-11-26-52-47)30-42(31-41)50-55-48(36-14-6-2-7-15-36)54-49(56-50)37-16-8-3-9-17-37/h1-31,50-51H,32H2,(H,54,55,56). The van der Waals surface area contributed by atoms with Crippen LogP contribution >= 0.6 is 0 Å². The van der Waals surface area contributed by atoms with Gasteiger partial charge in [-0.25, -0.2) is 15.0 Å². The summed E-state index contributed by atoms with van der Waals surface area (Å²) in [5.74, 6) is 1.48. The monoisotopic (exact) mass is 720 g/mol. The Morgan fingerprint density at radius 2 is 1.12 bits per heavy atom. The van der Waals surface area contributed by atoms with Gasteiger partial charge in [0.05, 0.1) is 16.7 Å². The number of aromatic nitrogens is 2. The molecule has 2 N–H and O–H groups in total. The van der Waals surface area contributed by atoms with E-state index in [4.69, 9.17) is 15.0 Å². The molecule has 6 nitrogen and oxygen atoms in total. The second-order valence-electron chi connectivity index (χ2n) is 14.0. The summed E-state index contributed by atoms with van der Waals surface area (Å²) in [6.07, 6.45) is 5.56. The number of nitrogens with zero attached hydrogens (tertiary/aromatic N) is 4. The summed E-state index contributed by atoms with van der Waals surface area (Å²) in [6, 6.07) is 59.4. The first-order valence-electron chi connectivity index (χ1n) is 18.9. The number of nitrogens with one attached hydrogen (secondary N) is 2. The lowest BCUT2D eigenvalue weighted by atomic mass is 9.92. The van der Waals surface area contributed by atoms with Crippen LogP contribution in [0.25, 0.3) is 61.7 Å². The Morgan fingerprint density at radius 3 is 1.88 bits per heavy atom. The molecule has 8 aromatic rings. The second-order valence-corrected chi connectivity index (χ2v) is 14.0. The molecule has 1 unspecified atom stereocenters. The fraction of sp³-hybridized carbons (Fsp3) is 0.0400. The number of aliphatic imine (C=N–C) groups is 2. The van der Waals surface area contributed by atoms with Crippen molar-refractivity contribution in [2.45, 2.75) is 12.7 Å². The maximum atomic E-state index is 5.25. The third-order valence-corrected chi connectivity index (χ3v) is 10.4. The highest BCUT2D eigenvalue weighted by atomic mass is 15.2. The molecular formula is C50H36N6. The van der Waals surface area contributed by atoms with Gasteiger partial charge < -0.3 is 10.6 Å². The van der Waals surface area contributed by atoms with Gasteiger partial charge in [-0.15, -0.1) is 0 Å². The first kappa shape index (κ1) is 33.2. The molecular weight excluding hydrogens is 685 g/mol. The molecule has 2 aromatic heterocycles. The molecule has 10 rings (SSSR count). The second kappa shape index (κ2) is 14.4. The topological polar surface area (TPSA) is 74.6 Å². The molecule has 2 aliphatic rings. The molecule has 2 aliphatic heterocycles. The van der Waals surface area contributed by atoms with E-state index in [1.165, 1.54) is 16.7 Å². The Bertz CT molecular complexity index is 2810. The molecule has 0 fully saturated rings. The summed E-state index contributed by atoms with van der Waals surface area (Å²) in [4.78, 5) is 20.1. The van der Waals surface area contributed by atoms with Crippen LogP contribution in [0, 0.1) is 0 Å². The van der Waals surface area contributed by atoms with Crippen LogP contribution in [0.3, 0.4) is 0 Å². The molecule has 0 radical (unpaired) electrons. The number of amidine groups is 2. The van der Waals surface area contributed by atoms with Gasteiger partial charge in [-0.05, 0) is 87.6 Å². The van der Waals surface area contributed by atoms with Crippen LogP contribution in [-0.2, 0) is 6.54 Å². The van der Waals surface area contributed by atoms with E-state index >= 15 is 0 Å². The van der Waals surface area contributed by atoms with Gasteiger partial charge in [-0.3, -0.25) is 4.98 Å². The van der Waals surface area contributed by atoms with Gasteiger partial charge in [0.1, 0.15) is 12.0 Å². The number of rotatable bonds is 7. The normalized spacial score (nSPS) is 14.6. The minimum Gasteiger partial charge on any atom is -0.387 e. The molecule has 0 aliphatic carbocycles. The predicted molar refractivity (Wildman–Crippen MR) is 229 cm³/mol. The Labute approximate surface area is 325 Å². The summed E-state index contributed by atoms with van der Waals surface area (Å²) < 4.78 is 0. The van der Waals surface area contributed by atoms with Crippen molar-refractivity contribution in [1.29, 1.82) is 0 Å². The van der Waals surface area contributed by atoms with E-state index in [9.17, 15) is 0 Å². The van der Waals surface area contributed by atoms with Crippen molar-refractivity contribution in [2.24, 2.45) is 9.98 Å². The van der Waals surface area contributed by atoms with Gasteiger partial charge in [-0.2, -0.15) is 0 Å². The lowest BCUT2D eigenvalue weighted by molar-refractivity contribution is 0.674. The van der Waals surface area contributed by atoms with E-state index in [0.717, 1.165) is 72.6 Å². The molecule has 0 saturated heterocycles. The van der Waals surface area contributed by atoms with E-state index in [1.54, 1.807) is 0 Å². The van der Waals surface area contributed by atoms with Crippen LogP contribution in [-0.4, -0.2) is 21.6 Å². The van der Waals surface area contributed by atoms with Gasteiger partial charge in [0.25, 0.3) is 0 Å². The van der Waals surface area contributed by atoms with Crippen LogP contribution in [0.5, 0.6) is 0 Å². The van der Waals surface area contributed by atoms with Gasteiger partial charge in [0.15, 0.2) is 5.84 Å². The Morgan fingerprint density at radius 1 is 0.518 bits per heavy atom. The molecule has 1 atom stereocenters. The van der Waals surface area contributed by atoms with Crippen molar-refractivity contribution in [1.82, 2.24) is 20.6 Å². The van der Waals surface area contributed by atoms with E-state index in [-0.39, 0.29) is 6.17 Å². The highest BCUT2D eigenvalue weighted by Gasteiger charge is 2.23. The lowest BCUT2D eigenvalue weighted by Gasteiger charge is -2.25. The SMILES string of the molecule is C1=Cc2c(-c3ccc(-c4cc(-c5cccc(-c6ccccc6)c5)cc(C5N=C(c6ccccc6)N=C(c6ccccc6)N5)c4)cc3)nc3cccnc3c2CN1. The quantitative estimate of drug-likeness (QED) is 0.172. The van der Waals surface area contributed by atoms with E-state index in [0.29, 0.717) is 12.4 Å². The van der Waals surface area contributed by atoms with Gasteiger partial charge in [0.2, 0.25) is 0 Å². The third kappa shape index (κ3) is 6.43. The van der Waals surface area contributed by atoms with Crippen LogP contribution in [0.15, 0.2) is 192 Å². The summed E-state index contributed by atoms with van der Waals surface area (Å²) in [6.45, 7) is 0.717. The molecule has 6 aromatic carbocycles. The predicted octanol–water partition coefficient (Wildman–Crippen LogP) is 10.9. The average Bonchev–Trinajstić information content (AvgIpc) is 3.29. The maximum absolute atomic E-state index is 5.25. The van der Waals surface area contributed by atoms with Crippen molar-refractivity contribution in [3.63, 3.8) is 0 Å². The number of pyridine rings is 2. The number of hydrogen-bond donors (Lipinski definition) is 2. The van der Waals surface area contributed by atoms with Crippen LogP contribution in [0.4, 0.5) is 0 Å². The Hall–Kier alpha value is -7.44. The summed E-state index contributed by atoms with van der Waals surface area (Å²) in [5.41, 5.74) is 15.9. The third-order valence-electron chi connectivity index (χ3n) is 10.4. The maximum Gasteiger partial charge on any atom is 0.159 e. The Balaban J connectivity index is 1.10. The first-order valence-corrected chi connectivity index (χ1v) is 18.9. The molecule has 0 bridgehead atoms. The zero-order valence-electron chi connectivity index (χ0n) is 30.5. The number of fused-ring (bicyclic) bond motifs is 3. The minimum atomic E-state index is -0.379. The number of benzene rings is 6. The summed E-state index contributed by atoms with van der Waals surface area (Å²) in [5, 5.41) is 7.05. The van der Waals surface area contributed by atoms with Crippen LogP contribution in [0.1, 0.15) is 34.0 Å². The summed E-state index contributed by atoms with van der Waals surface area (Å²) >= 11 is 0. The van der Waals surface area contributed by atoms with Crippen molar-refractivity contribution >= 4 is 28.8 Å². The lowest BCUT2D eigenvalue weighted by Crippen LogP contribution is -2.33. The molecule has 266 valence electrons. The van der Waals surface area contributed by atoms with Crippen molar-refractivity contribution < 1.29 is 0 Å². The van der Waals surface area contributed by atoms with E-state index < -0.39 is 0 Å². The molecule has 0 saturated carbocycles. The van der Waals surface area contributed by atoms with E-state index in [2.05, 4.69) is 143 Å². The van der Waals surface area contributed by atoms with Gasteiger partial charge in [-0.1, -0.05) is 133 Å². The van der Waals surface area contributed by atoms with E-state index in [1.807, 2.05) is 60.9 Å². The fourth-order valence-electron chi connectivity index (χ4n) is 7.60. The molecule has 0 amide bonds. The first-order chi connectivity index (χ1) is 27.7. The highest BCUT2D eigenvalue weighted by molar-refractivity contribution is 6.13. The number of hydrogen-bond acceptors (Lipinski definition) is 6. The molecule has 56 heavy (non-hydrogen) atoms. The highest BCUT2D eigenvalue weighted by Crippen LogP contribution is 2.36. The molecule has 6 heteroatoms. The van der Waals surface area contributed by atoms with Crippen LogP contribution in [0.2, 0.25) is 0 Å². The van der Waals surface area contributed by atoms with Crippen molar-refractivity contribution in [3.05, 3.63) is 210 Å². The zero-order valence-corrected chi connectivity index (χ0v) is 30.5. The van der Waals surface area contributed by atoms with Crippen molar-refractivity contribution in [3.8, 4) is 44.6 Å². The van der Waals surface area contributed by atoms with Crippen LogP contribution < -0.4 is 10.6 Å². The zero-order chi connectivity index (χ0) is 37.3. The molecule has 4 heterocycles. The smallest absolute Gasteiger partial charge is 0.159 e. The molecule has 0 spiro atoms. The van der Waals surface area contributed by atoms with Gasteiger partial charge >= 0.3 is 0 Å².